The van der Waals surface area contributed by atoms with Gasteiger partial charge in [-0.3, -0.25) is 4.90 Å². The van der Waals surface area contributed by atoms with Gasteiger partial charge in [0.2, 0.25) is 0 Å². The molecule has 4 nitrogen and oxygen atoms in total. The molecule has 0 bridgehead atoms. The van der Waals surface area contributed by atoms with Gasteiger partial charge in [-0.15, -0.1) is 11.8 Å². The van der Waals surface area contributed by atoms with Gasteiger partial charge in [0.1, 0.15) is 5.82 Å². The van der Waals surface area contributed by atoms with Gasteiger partial charge in [0, 0.05) is 49.6 Å². The summed E-state index contributed by atoms with van der Waals surface area (Å²) >= 11 is 1.63. The van der Waals surface area contributed by atoms with Gasteiger partial charge in [0.05, 0.1) is 11.7 Å². The van der Waals surface area contributed by atoms with E-state index >= 15 is 0 Å². The summed E-state index contributed by atoms with van der Waals surface area (Å²) < 4.78 is 37.9. The molecule has 8 heteroatoms. The van der Waals surface area contributed by atoms with Crippen molar-refractivity contribution in [3.63, 3.8) is 0 Å². The molecule has 3 rings (SSSR count). The Morgan fingerprint density at radius 2 is 1.74 bits per heavy atom. The fourth-order valence-electron chi connectivity index (χ4n) is 2.96. The van der Waals surface area contributed by atoms with Crippen molar-refractivity contribution in [2.24, 2.45) is 0 Å². The lowest BCUT2D eigenvalue weighted by molar-refractivity contribution is -0.137. The minimum Gasteiger partial charge on any atom is -0.391 e. The summed E-state index contributed by atoms with van der Waals surface area (Å²) in [6, 6.07) is 12.4. The lowest BCUT2D eigenvalue weighted by Crippen LogP contribution is -2.49. The molecule has 0 spiro atoms. The Morgan fingerprint density at radius 1 is 1.04 bits per heavy atom. The summed E-state index contributed by atoms with van der Waals surface area (Å²) in [4.78, 5) is 9.24. The molecule has 1 atom stereocenters. The lowest BCUT2D eigenvalue weighted by atomic mass is 10.2. The van der Waals surface area contributed by atoms with Crippen molar-refractivity contribution in [3.8, 4) is 0 Å². The molecule has 146 valence electrons. The second-order valence-corrected chi connectivity index (χ2v) is 7.56. The van der Waals surface area contributed by atoms with Crippen molar-refractivity contribution in [3.05, 3.63) is 54.2 Å². The van der Waals surface area contributed by atoms with Crippen molar-refractivity contribution in [1.82, 2.24) is 9.88 Å². The van der Waals surface area contributed by atoms with E-state index in [1.807, 2.05) is 35.2 Å². The van der Waals surface area contributed by atoms with Crippen LogP contribution in [0.4, 0.5) is 19.0 Å². The smallest absolute Gasteiger partial charge is 0.391 e. The van der Waals surface area contributed by atoms with Gasteiger partial charge >= 0.3 is 6.18 Å². The summed E-state index contributed by atoms with van der Waals surface area (Å²) in [5.41, 5.74) is -0.732. The number of aromatic nitrogens is 1. The zero-order chi connectivity index (χ0) is 19.3. The molecule has 1 aromatic heterocycles. The first kappa shape index (κ1) is 20.0. The normalized spacial score (nSPS) is 17.1. The van der Waals surface area contributed by atoms with Crippen LogP contribution in [-0.4, -0.2) is 59.6 Å². The molecule has 0 radical (unpaired) electrons. The van der Waals surface area contributed by atoms with Crippen molar-refractivity contribution in [2.45, 2.75) is 17.2 Å². The molecule has 2 heterocycles. The fraction of sp³-hybridized carbons (Fsp3) is 0.421. The van der Waals surface area contributed by atoms with Gasteiger partial charge in [0.15, 0.2) is 0 Å². The average Bonchev–Trinajstić information content (AvgIpc) is 2.67. The molecule has 1 aromatic carbocycles. The molecule has 1 fully saturated rings. The molecule has 27 heavy (non-hydrogen) atoms. The second-order valence-electron chi connectivity index (χ2n) is 6.47. The van der Waals surface area contributed by atoms with E-state index in [-0.39, 0.29) is 0 Å². The van der Waals surface area contributed by atoms with Gasteiger partial charge in [-0.25, -0.2) is 4.98 Å². The first-order valence-electron chi connectivity index (χ1n) is 8.78. The Labute approximate surface area is 161 Å². The maximum Gasteiger partial charge on any atom is 0.417 e. The molecule has 2 aromatic rings. The Hall–Kier alpha value is -1.77. The largest absolute Gasteiger partial charge is 0.417 e. The number of alkyl halides is 3. The first-order chi connectivity index (χ1) is 12.9. The van der Waals surface area contributed by atoms with Crippen LogP contribution in [0.2, 0.25) is 0 Å². The van der Waals surface area contributed by atoms with Gasteiger partial charge in [0.25, 0.3) is 0 Å². The van der Waals surface area contributed by atoms with E-state index in [2.05, 4.69) is 9.88 Å². The number of β-amino-alcohol motifs (C(OH)–C–C–N with tert-alkyl or cyclic N) is 1. The molecular formula is C19H22F3N3OS. The third kappa shape index (κ3) is 5.85. The number of rotatable bonds is 6. The van der Waals surface area contributed by atoms with Gasteiger partial charge < -0.3 is 10.0 Å². The van der Waals surface area contributed by atoms with Crippen LogP contribution in [-0.2, 0) is 6.18 Å². The number of hydrogen-bond donors (Lipinski definition) is 1. The van der Waals surface area contributed by atoms with E-state index in [9.17, 15) is 18.3 Å². The Balaban J connectivity index is 1.43. The SMILES string of the molecule is O[C@H](CSc1ccccc1)CN1CCN(c2ccc(C(F)(F)F)cn2)CC1. The highest BCUT2D eigenvalue weighted by molar-refractivity contribution is 7.99. The van der Waals surface area contributed by atoms with Crippen LogP contribution < -0.4 is 4.90 Å². The number of hydrogen-bond acceptors (Lipinski definition) is 5. The van der Waals surface area contributed by atoms with Crippen LogP contribution in [0.15, 0.2) is 53.6 Å². The van der Waals surface area contributed by atoms with E-state index in [1.54, 1.807) is 11.8 Å². The number of nitrogens with zero attached hydrogens (tertiary/aromatic N) is 3. The monoisotopic (exact) mass is 397 g/mol. The fourth-order valence-corrected chi connectivity index (χ4v) is 3.80. The van der Waals surface area contributed by atoms with Crippen molar-refractivity contribution >= 4 is 17.6 Å². The third-order valence-electron chi connectivity index (χ3n) is 4.43. The number of aliphatic hydroxyl groups excluding tert-OH is 1. The van der Waals surface area contributed by atoms with Gasteiger partial charge in [-0.2, -0.15) is 13.2 Å². The van der Waals surface area contributed by atoms with E-state index in [0.29, 0.717) is 31.2 Å². The van der Waals surface area contributed by atoms with E-state index in [4.69, 9.17) is 0 Å². The number of aliphatic hydroxyl groups is 1. The van der Waals surface area contributed by atoms with E-state index in [1.165, 1.54) is 6.07 Å². The molecule has 1 saturated heterocycles. The zero-order valence-corrected chi connectivity index (χ0v) is 15.6. The number of piperazine rings is 1. The number of halogens is 3. The van der Waals surface area contributed by atoms with Crippen LogP contribution in [0.1, 0.15) is 5.56 Å². The molecule has 1 aliphatic rings. The first-order valence-corrected chi connectivity index (χ1v) is 9.77. The predicted octanol–water partition coefficient (Wildman–Crippen LogP) is 3.38. The molecule has 0 aliphatic carbocycles. The molecule has 0 unspecified atom stereocenters. The highest BCUT2D eigenvalue weighted by atomic mass is 32.2. The minimum absolute atomic E-state index is 0.425. The highest BCUT2D eigenvalue weighted by Crippen LogP contribution is 2.29. The topological polar surface area (TPSA) is 39.6 Å². The minimum atomic E-state index is -4.36. The van der Waals surface area contributed by atoms with E-state index < -0.39 is 17.8 Å². The van der Waals surface area contributed by atoms with Crippen LogP contribution >= 0.6 is 11.8 Å². The van der Waals surface area contributed by atoms with Crippen molar-refractivity contribution < 1.29 is 18.3 Å². The number of benzene rings is 1. The predicted molar refractivity (Wildman–Crippen MR) is 101 cm³/mol. The van der Waals surface area contributed by atoms with Crippen LogP contribution in [0.5, 0.6) is 0 Å². The number of thioether (sulfide) groups is 1. The van der Waals surface area contributed by atoms with Crippen LogP contribution in [0.25, 0.3) is 0 Å². The molecular weight excluding hydrogens is 375 g/mol. The summed E-state index contributed by atoms with van der Waals surface area (Å²) in [6.07, 6.45) is -3.91. The Kier molecular flexibility index (Phi) is 6.62. The Morgan fingerprint density at radius 3 is 2.33 bits per heavy atom. The van der Waals surface area contributed by atoms with E-state index in [0.717, 1.165) is 30.2 Å². The van der Waals surface area contributed by atoms with Gasteiger partial charge in [-0.05, 0) is 24.3 Å². The maximum absolute atomic E-state index is 12.6. The molecule has 1 N–H and O–H groups in total. The van der Waals surface area contributed by atoms with Crippen molar-refractivity contribution in [1.29, 1.82) is 0 Å². The zero-order valence-electron chi connectivity index (χ0n) is 14.8. The third-order valence-corrected chi connectivity index (χ3v) is 5.58. The highest BCUT2D eigenvalue weighted by Gasteiger charge is 2.31. The number of pyridine rings is 1. The van der Waals surface area contributed by atoms with Crippen LogP contribution in [0.3, 0.4) is 0 Å². The van der Waals surface area contributed by atoms with Crippen LogP contribution in [0, 0.1) is 0 Å². The standard InChI is InChI=1S/C19H22F3N3OS/c20-19(21,22)15-6-7-18(23-12-15)25-10-8-24(9-11-25)13-16(26)14-27-17-4-2-1-3-5-17/h1-7,12,16,26H,8-11,13-14H2/t16-/m0/s1. The van der Waals surface area contributed by atoms with Gasteiger partial charge in [-0.1, -0.05) is 18.2 Å². The quantitative estimate of drug-likeness (QED) is 0.757. The maximum atomic E-state index is 12.6. The summed E-state index contributed by atoms with van der Waals surface area (Å²) in [7, 11) is 0. The summed E-state index contributed by atoms with van der Waals surface area (Å²) in [5.74, 6) is 1.19. The number of anilines is 1. The molecule has 0 saturated carbocycles. The second kappa shape index (κ2) is 8.95. The molecule has 0 amide bonds. The lowest BCUT2D eigenvalue weighted by Gasteiger charge is -2.36. The summed E-state index contributed by atoms with van der Waals surface area (Å²) in [6.45, 7) is 3.44. The average molecular weight is 397 g/mol. The van der Waals surface area contributed by atoms with Crippen molar-refractivity contribution in [2.75, 3.05) is 43.4 Å². The summed E-state index contributed by atoms with van der Waals surface area (Å²) in [5, 5.41) is 10.3. The Bertz CT molecular complexity index is 704. The molecule has 1 aliphatic heterocycles.